The van der Waals surface area contributed by atoms with Crippen LogP contribution in [0.5, 0.6) is 0 Å². The molecule has 0 saturated carbocycles. The summed E-state index contributed by atoms with van der Waals surface area (Å²) in [5.74, 6) is -0.883. The Morgan fingerprint density at radius 3 is 2.74 bits per heavy atom. The van der Waals surface area contributed by atoms with Gasteiger partial charge in [0.2, 0.25) is 11.8 Å². The van der Waals surface area contributed by atoms with Crippen LogP contribution in [0, 0.1) is 6.92 Å². The number of carbonyl (C=O) groups excluding carboxylic acids is 2. The Bertz CT molecular complexity index is 836. The van der Waals surface area contributed by atoms with Crippen LogP contribution in [-0.2, 0) is 20.1 Å². The molecule has 0 bridgehead atoms. The lowest BCUT2D eigenvalue weighted by Crippen LogP contribution is -2.47. The first-order valence-electron chi connectivity index (χ1n) is 8.56. The van der Waals surface area contributed by atoms with Gasteiger partial charge in [0.25, 0.3) is 0 Å². The van der Waals surface area contributed by atoms with Crippen molar-refractivity contribution in [2.24, 2.45) is 0 Å². The molecule has 0 saturated heterocycles. The number of rotatable bonds is 9. The number of carbonyl (C=O) groups is 3. The summed E-state index contributed by atoms with van der Waals surface area (Å²) < 4.78 is 1.94. The average Bonchev–Trinajstić information content (AvgIpc) is 2.99. The summed E-state index contributed by atoms with van der Waals surface area (Å²) in [6, 6.07) is 2.97. The molecule has 0 fully saturated rings. The Hall–Kier alpha value is -2.55. The third-order valence-corrected chi connectivity index (χ3v) is 4.95. The van der Waals surface area contributed by atoms with E-state index in [0.29, 0.717) is 5.75 Å². The molecule has 0 aliphatic rings. The highest BCUT2D eigenvalue weighted by atomic mass is 32.2. The van der Waals surface area contributed by atoms with Gasteiger partial charge in [-0.25, -0.2) is 9.78 Å². The number of nitrogens with one attached hydrogen (secondary N) is 1. The minimum atomic E-state index is -1.08. The zero-order chi connectivity index (χ0) is 20.0. The van der Waals surface area contributed by atoms with Crippen LogP contribution in [0.2, 0.25) is 0 Å². The molecule has 9 heteroatoms. The number of fused-ring (bicyclic) bond motifs is 1. The lowest BCUT2D eigenvalue weighted by Gasteiger charge is -2.26. The third kappa shape index (κ3) is 5.99. The summed E-state index contributed by atoms with van der Waals surface area (Å²) >= 11 is 1.38. The van der Waals surface area contributed by atoms with E-state index >= 15 is 0 Å². The first-order valence-corrected chi connectivity index (χ1v) is 9.72. The molecule has 0 spiro atoms. The van der Waals surface area contributed by atoms with Gasteiger partial charge in [0.15, 0.2) is 0 Å². The number of hydrogen-bond donors (Lipinski definition) is 2. The fraction of sp³-hybridized carbons (Fsp3) is 0.444. The lowest BCUT2D eigenvalue weighted by molar-refractivity contribution is -0.148. The van der Waals surface area contributed by atoms with Crippen molar-refractivity contribution in [3.63, 3.8) is 0 Å². The van der Waals surface area contributed by atoms with Gasteiger partial charge < -0.3 is 19.7 Å². The Morgan fingerprint density at radius 2 is 2.07 bits per heavy atom. The number of nitrogens with zero attached hydrogens (tertiary/aromatic N) is 3. The van der Waals surface area contributed by atoms with Crippen LogP contribution >= 0.6 is 11.8 Å². The van der Waals surface area contributed by atoms with Crippen LogP contribution in [0.4, 0.5) is 0 Å². The molecule has 2 aromatic rings. The molecule has 27 heavy (non-hydrogen) atoms. The molecule has 8 nitrogen and oxygen atoms in total. The molecule has 0 aliphatic carbocycles. The number of pyridine rings is 1. The van der Waals surface area contributed by atoms with Crippen molar-refractivity contribution in [1.82, 2.24) is 19.6 Å². The number of amides is 2. The van der Waals surface area contributed by atoms with E-state index in [4.69, 9.17) is 0 Å². The van der Waals surface area contributed by atoms with Gasteiger partial charge in [-0.05, 0) is 25.5 Å². The van der Waals surface area contributed by atoms with Gasteiger partial charge in [-0.1, -0.05) is 6.07 Å². The number of aromatic nitrogens is 2. The van der Waals surface area contributed by atoms with Crippen molar-refractivity contribution in [1.29, 1.82) is 0 Å². The molecule has 0 radical (unpaired) electrons. The smallest absolute Gasteiger partial charge is 0.326 e. The van der Waals surface area contributed by atoms with E-state index in [9.17, 15) is 19.5 Å². The second-order valence-corrected chi connectivity index (χ2v) is 7.27. The molecule has 0 aromatic carbocycles. The Kier molecular flexibility index (Phi) is 7.23. The molecular formula is C18H24N4O4S. The van der Waals surface area contributed by atoms with Crippen LogP contribution in [-0.4, -0.2) is 62.1 Å². The highest BCUT2D eigenvalue weighted by molar-refractivity contribution is 7.99. The highest BCUT2D eigenvalue weighted by Gasteiger charge is 2.25. The van der Waals surface area contributed by atoms with Crippen LogP contribution < -0.4 is 5.32 Å². The summed E-state index contributed by atoms with van der Waals surface area (Å²) in [5.41, 5.74) is 2.83. The van der Waals surface area contributed by atoms with E-state index in [2.05, 4.69) is 10.3 Å². The SMILES string of the molecule is CC(=O)NCCN(C(=O)CSCc1cn2cc(C)ccc2n1)C(C)C(=O)O. The summed E-state index contributed by atoms with van der Waals surface area (Å²) in [5, 5.41) is 11.8. The van der Waals surface area contributed by atoms with Crippen molar-refractivity contribution in [2.75, 3.05) is 18.8 Å². The zero-order valence-corrected chi connectivity index (χ0v) is 16.5. The second-order valence-electron chi connectivity index (χ2n) is 6.28. The van der Waals surface area contributed by atoms with Gasteiger partial charge in [0.05, 0.1) is 11.4 Å². The van der Waals surface area contributed by atoms with E-state index in [1.54, 1.807) is 0 Å². The predicted molar refractivity (Wildman–Crippen MR) is 104 cm³/mol. The fourth-order valence-electron chi connectivity index (χ4n) is 2.57. The van der Waals surface area contributed by atoms with Gasteiger partial charge in [0, 0.05) is 38.2 Å². The van der Waals surface area contributed by atoms with E-state index in [1.807, 2.05) is 35.9 Å². The monoisotopic (exact) mass is 392 g/mol. The van der Waals surface area contributed by atoms with Crippen molar-refractivity contribution in [3.05, 3.63) is 35.8 Å². The maximum atomic E-state index is 12.5. The van der Waals surface area contributed by atoms with E-state index in [-0.39, 0.29) is 30.7 Å². The standard InChI is InChI=1S/C18H24N4O4S/c1-12-4-5-16-20-15(9-21(16)8-12)10-27-11-17(24)22(13(2)18(25)26)7-6-19-14(3)23/h4-5,8-9,13H,6-7,10-11H2,1-3H3,(H,19,23)(H,25,26). The quantitative estimate of drug-likeness (QED) is 0.667. The Balaban J connectivity index is 1.92. The molecule has 0 aliphatic heterocycles. The molecule has 2 aromatic heterocycles. The van der Waals surface area contributed by atoms with E-state index < -0.39 is 12.0 Å². The van der Waals surface area contributed by atoms with Crippen LogP contribution in [0.15, 0.2) is 24.5 Å². The Morgan fingerprint density at radius 1 is 1.33 bits per heavy atom. The number of thioether (sulfide) groups is 1. The van der Waals surface area contributed by atoms with Crippen LogP contribution in [0.25, 0.3) is 5.65 Å². The maximum Gasteiger partial charge on any atom is 0.326 e. The first kappa shape index (κ1) is 20.8. The molecular weight excluding hydrogens is 368 g/mol. The number of aryl methyl sites for hydroxylation is 1. The lowest BCUT2D eigenvalue weighted by atomic mass is 10.3. The van der Waals surface area contributed by atoms with Gasteiger partial charge in [0.1, 0.15) is 11.7 Å². The first-order chi connectivity index (χ1) is 12.8. The average molecular weight is 392 g/mol. The summed E-state index contributed by atoms with van der Waals surface area (Å²) in [4.78, 5) is 40.5. The topological polar surface area (TPSA) is 104 Å². The second kappa shape index (κ2) is 9.40. The molecule has 146 valence electrons. The van der Waals surface area contributed by atoms with E-state index in [0.717, 1.165) is 16.9 Å². The predicted octanol–water partition coefficient (Wildman–Crippen LogP) is 1.31. The van der Waals surface area contributed by atoms with Crippen LogP contribution in [0.1, 0.15) is 25.1 Å². The summed E-state index contributed by atoms with van der Waals surface area (Å²) in [7, 11) is 0. The largest absolute Gasteiger partial charge is 0.480 e. The summed E-state index contributed by atoms with van der Waals surface area (Å²) in [6.45, 7) is 5.21. The third-order valence-electron chi connectivity index (χ3n) is 4.00. The van der Waals surface area contributed by atoms with Crippen molar-refractivity contribution in [2.45, 2.75) is 32.6 Å². The molecule has 1 unspecified atom stereocenters. The van der Waals surface area contributed by atoms with Gasteiger partial charge in [-0.3, -0.25) is 9.59 Å². The summed E-state index contributed by atoms with van der Waals surface area (Å²) in [6.07, 6.45) is 3.91. The molecule has 2 heterocycles. The number of carboxylic acid groups (broad SMARTS) is 1. The van der Waals surface area contributed by atoms with Gasteiger partial charge in [-0.2, -0.15) is 0 Å². The van der Waals surface area contributed by atoms with Gasteiger partial charge in [-0.15, -0.1) is 11.8 Å². The van der Waals surface area contributed by atoms with Crippen LogP contribution in [0.3, 0.4) is 0 Å². The molecule has 2 N–H and O–H groups in total. The fourth-order valence-corrected chi connectivity index (χ4v) is 3.36. The number of aliphatic carboxylic acids is 1. The van der Waals surface area contributed by atoms with Crippen molar-refractivity contribution < 1.29 is 19.5 Å². The minimum Gasteiger partial charge on any atom is -0.480 e. The Labute approximate surface area is 161 Å². The van der Waals surface area contributed by atoms with E-state index in [1.165, 1.54) is 30.5 Å². The normalized spacial score (nSPS) is 12.0. The van der Waals surface area contributed by atoms with Crippen molar-refractivity contribution >= 4 is 35.2 Å². The minimum absolute atomic E-state index is 0.143. The molecule has 1 atom stereocenters. The van der Waals surface area contributed by atoms with Crippen molar-refractivity contribution in [3.8, 4) is 0 Å². The number of imidazole rings is 1. The zero-order valence-electron chi connectivity index (χ0n) is 15.6. The number of hydrogen-bond acceptors (Lipinski definition) is 5. The highest BCUT2D eigenvalue weighted by Crippen LogP contribution is 2.15. The van der Waals surface area contributed by atoms with Gasteiger partial charge >= 0.3 is 5.97 Å². The molecule has 2 amide bonds. The number of carboxylic acids is 1. The maximum absolute atomic E-state index is 12.5. The molecule has 2 rings (SSSR count).